The molecule has 1 saturated heterocycles. The Kier molecular flexibility index (Phi) is 7.66. The average Bonchev–Trinajstić information content (AvgIpc) is 3.32. The molecule has 0 spiro atoms. The molecule has 0 radical (unpaired) electrons. The molecule has 0 amide bonds. The quantitative estimate of drug-likeness (QED) is 0.542. The molecule has 1 aromatic carbocycles. The highest BCUT2D eigenvalue weighted by atomic mass is 32.1. The highest BCUT2D eigenvalue weighted by Crippen LogP contribution is 2.16. The van der Waals surface area contributed by atoms with E-state index in [1.807, 2.05) is 14.0 Å². The van der Waals surface area contributed by atoms with E-state index in [9.17, 15) is 0 Å². The number of hydrogen-bond donors (Lipinski definition) is 2. The van der Waals surface area contributed by atoms with Crippen molar-refractivity contribution in [3.05, 3.63) is 52.0 Å². The van der Waals surface area contributed by atoms with Crippen LogP contribution in [-0.4, -0.2) is 55.6 Å². The zero-order valence-corrected chi connectivity index (χ0v) is 17.3. The molecule has 1 fully saturated rings. The summed E-state index contributed by atoms with van der Waals surface area (Å²) in [5.74, 6) is 1.59. The lowest BCUT2D eigenvalue weighted by molar-refractivity contribution is 0.328. The lowest BCUT2D eigenvalue weighted by Crippen LogP contribution is -2.41. The van der Waals surface area contributed by atoms with Gasteiger partial charge in [0.1, 0.15) is 0 Å². The number of aryl methyl sites for hydroxylation is 1. The van der Waals surface area contributed by atoms with Gasteiger partial charge in [0.05, 0.1) is 10.7 Å². The van der Waals surface area contributed by atoms with Crippen LogP contribution in [0.15, 0.2) is 40.7 Å². The third kappa shape index (κ3) is 6.63. The molecular formula is C21H31N5S. The van der Waals surface area contributed by atoms with E-state index in [2.05, 4.69) is 61.2 Å². The van der Waals surface area contributed by atoms with Crippen LogP contribution >= 0.6 is 11.3 Å². The lowest BCUT2D eigenvalue weighted by Gasteiger charge is -2.17. The number of likely N-dealkylation sites (tertiary alicyclic amines) is 1. The van der Waals surface area contributed by atoms with Crippen molar-refractivity contribution in [3.8, 4) is 0 Å². The number of thiazole rings is 1. The van der Waals surface area contributed by atoms with Gasteiger partial charge in [-0.05, 0) is 37.8 Å². The first kappa shape index (κ1) is 19.8. The zero-order chi connectivity index (χ0) is 18.9. The smallest absolute Gasteiger partial charge is 0.190 e. The number of rotatable bonds is 8. The second kappa shape index (κ2) is 10.4. The molecule has 27 heavy (non-hydrogen) atoms. The van der Waals surface area contributed by atoms with Gasteiger partial charge < -0.3 is 15.5 Å². The summed E-state index contributed by atoms with van der Waals surface area (Å²) in [5, 5.41) is 10.2. The maximum absolute atomic E-state index is 4.50. The number of hydrogen-bond acceptors (Lipinski definition) is 4. The monoisotopic (exact) mass is 385 g/mol. The Bertz CT molecular complexity index is 712. The molecule has 0 bridgehead atoms. The SMILES string of the molecule is CN=C(NCCc1csc(C)n1)NCC1CCN(CCc2ccccc2)C1. The van der Waals surface area contributed by atoms with Gasteiger partial charge in [-0.25, -0.2) is 4.98 Å². The Morgan fingerprint density at radius 1 is 1.26 bits per heavy atom. The van der Waals surface area contributed by atoms with E-state index in [1.54, 1.807) is 11.3 Å². The normalized spacial score (nSPS) is 18.0. The number of aromatic nitrogens is 1. The molecule has 6 heteroatoms. The third-order valence-electron chi connectivity index (χ3n) is 5.05. The molecule has 2 aromatic rings. The first-order valence-corrected chi connectivity index (χ1v) is 10.7. The zero-order valence-electron chi connectivity index (χ0n) is 16.4. The highest BCUT2D eigenvalue weighted by molar-refractivity contribution is 7.09. The van der Waals surface area contributed by atoms with Crippen molar-refractivity contribution in [3.63, 3.8) is 0 Å². The Labute approximate surface area is 166 Å². The van der Waals surface area contributed by atoms with Crippen molar-refractivity contribution in [2.45, 2.75) is 26.2 Å². The van der Waals surface area contributed by atoms with Crippen molar-refractivity contribution in [2.24, 2.45) is 10.9 Å². The fourth-order valence-corrected chi connectivity index (χ4v) is 4.16. The molecule has 3 rings (SSSR count). The summed E-state index contributed by atoms with van der Waals surface area (Å²) in [4.78, 5) is 11.4. The van der Waals surface area contributed by atoms with Crippen molar-refractivity contribution in [1.82, 2.24) is 20.5 Å². The van der Waals surface area contributed by atoms with E-state index in [4.69, 9.17) is 0 Å². The topological polar surface area (TPSA) is 52.6 Å². The lowest BCUT2D eigenvalue weighted by atomic mass is 10.1. The molecule has 1 unspecified atom stereocenters. The van der Waals surface area contributed by atoms with Gasteiger partial charge >= 0.3 is 0 Å². The van der Waals surface area contributed by atoms with E-state index in [-0.39, 0.29) is 0 Å². The van der Waals surface area contributed by atoms with Crippen molar-refractivity contribution in [2.75, 3.05) is 39.8 Å². The van der Waals surface area contributed by atoms with Crippen LogP contribution in [0, 0.1) is 12.8 Å². The fourth-order valence-electron chi connectivity index (χ4n) is 3.51. The molecule has 0 aliphatic carbocycles. The minimum atomic E-state index is 0.695. The number of guanidine groups is 1. The van der Waals surface area contributed by atoms with Gasteiger partial charge in [0.2, 0.25) is 0 Å². The predicted molar refractivity (Wildman–Crippen MR) is 115 cm³/mol. The number of nitrogens with one attached hydrogen (secondary N) is 2. The molecule has 1 aromatic heterocycles. The first-order valence-electron chi connectivity index (χ1n) is 9.84. The molecule has 0 saturated carbocycles. The van der Waals surface area contributed by atoms with Gasteiger partial charge in [-0.2, -0.15) is 0 Å². The Morgan fingerprint density at radius 2 is 2.11 bits per heavy atom. The molecule has 1 aliphatic heterocycles. The first-order chi connectivity index (χ1) is 13.2. The van der Waals surface area contributed by atoms with E-state index in [1.165, 1.54) is 25.1 Å². The van der Waals surface area contributed by atoms with Gasteiger partial charge in [-0.15, -0.1) is 11.3 Å². The number of nitrogens with zero attached hydrogens (tertiary/aromatic N) is 3. The molecule has 1 atom stereocenters. The van der Waals surface area contributed by atoms with Gasteiger partial charge in [-0.1, -0.05) is 30.3 Å². The van der Waals surface area contributed by atoms with Crippen molar-refractivity contribution in [1.29, 1.82) is 0 Å². The molecule has 2 heterocycles. The molecule has 5 nitrogen and oxygen atoms in total. The largest absolute Gasteiger partial charge is 0.356 e. The summed E-state index contributed by atoms with van der Waals surface area (Å²) in [7, 11) is 1.84. The van der Waals surface area contributed by atoms with Gasteiger partial charge in [0.15, 0.2) is 5.96 Å². The van der Waals surface area contributed by atoms with Crippen LogP contribution in [-0.2, 0) is 12.8 Å². The summed E-state index contributed by atoms with van der Waals surface area (Å²) in [6, 6.07) is 10.8. The summed E-state index contributed by atoms with van der Waals surface area (Å²) in [6.45, 7) is 7.42. The summed E-state index contributed by atoms with van der Waals surface area (Å²) in [5.41, 5.74) is 2.59. The van der Waals surface area contributed by atoms with Crippen LogP contribution in [0.5, 0.6) is 0 Å². The van der Waals surface area contributed by atoms with Crippen LogP contribution in [0.1, 0.15) is 22.7 Å². The third-order valence-corrected chi connectivity index (χ3v) is 5.87. The van der Waals surface area contributed by atoms with E-state index in [0.29, 0.717) is 5.92 Å². The summed E-state index contributed by atoms with van der Waals surface area (Å²) in [6.07, 6.45) is 3.33. The predicted octanol–water partition coefficient (Wildman–Crippen LogP) is 2.72. The van der Waals surface area contributed by atoms with Crippen LogP contribution < -0.4 is 10.6 Å². The van der Waals surface area contributed by atoms with Gasteiger partial charge in [-0.3, -0.25) is 4.99 Å². The van der Waals surface area contributed by atoms with Crippen molar-refractivity contribution >= 4 is 17.3 Å². The highest BCUT2D eigenvalue weighted by Gasteiger charge is 2.22. The van der Waals surface area contributed by atoms with Crippen LogP contribution in [0.25, 0.3) is 0 Å². The summed E-state index contributed by atoms with van der Waals surface area (Å²) < 4.78 is 0. The van der Waals surface area contributed by atoms with E-state index >= 15 is 0 Å². The number of benzene rings is 1. The average molecular weight is 386 g/mol. The minimum absolute atomic E-state index is 0.695. The standard InChI is InChI=1S/C21H31N5S/c1-17-25-20(16-27-17)8-11-23-21(22-2)24-14-19-10-13-26(15-19)12-9-18-6-4-3-5-7-18/h3-7,16,19H,8-15H2,1-2H3,(H2,22,23,24). The van der Waals surface area contributed by atoms with Crippen LogP contribution in [0.2, 0.25) is 0 Å². The van der Waals surface area contributed by atoms with E-state index in [0.717, 1.165) is 49.1 Å². The van der Waals surface area contributed by atoms with E-state index < -0.39 is 0 Å². The molecule has 146 valence electrons. The second-order valence-electron chi connectivity index (χ2n) is 7.18. The molecule has 2 N–H and O–H groups in total. The molecular weight excluding hydrogens is 354 g/mol. The van der Waals surface area contributed by atoms with Crippen LogP contribution in [0.3, 0.4) is 0 Å². The second-order valence-corrected chi connectivity index (χ2v) is 8.24. The maximum Gasteiger partial charge on any atom is 0.190 e. The van der Waals surface area contributed by atoms with Gasteiger partial charge in [0.25, 0.3) is 0 Å². The fraction of sp³-hybridized carbons (Fsp3) is 0.524. The summed E-state index contributed by atoms with van der Waals surface area (Å²) >= 11 is 1.71. The van der Waals surface area contributed by atoms with Crippen molar-refractivity contribution < 1.29 is 0 Å². The Hall–Kier alpha value is -1.92. The number of aliphatic imine (C=N–C) groups is 1. The Morgan fingerprint density at radius 3 is 2.85 bits per heavy atom. The Balaban J connectivity index is 1.31. The maximum atomic E-state index is 4.50. The van der Waals surface area contributed by atoms with Crippen LogP contribution in [0.4, 0.5) is 0 Å². The van der Waals surface area contributed by atoms with Gasteiger partial charge in [0, 0.05) is 45.0 Å². The molecule has 1 aliphatic rings. The minimum Gasteiger partial charge on any atom is -0.356 e.